The Morgan fingerprint density at radius 1 is 1.28 bits per heavy atom. The standard InChI is InChI=1S/C12H14N4OS/c1-9-16-11(8-18-9)7-15-12(17)14-6-10-4-2-3-5-13-10/h2-5,8H,6-7H2,1H3,(H2,14,15,17). The number of amides is 2. The van der Waals surface area contributed by atoms with Crippen LogP contribution in [0.15, 0.2) is 29.8 Å². The Labute approximate surface area is 109 Å². The number of rotatable bonds is 4. The van der Waals surface area contributed by atoms with E-state index in [2.05, 4.69) is 20.6 Å². The van der Waals surface area contributed by atoms with E-state index in [1.807, 2.05) is 30.5 Å². The Bertz CT molecular complexity index is 512. The zero-order valence-corrected chi connectivity index (χ0v) is 10.8. The average molecular weight is 262 g/mol. The third-order valence-corrected chi connectivity index (χ3v) is 3.08. The third-order valence-electron chi connectivity index (χ3n) is 2.25. The van der Waals surface area contributed by atoms with Crippen LogP contribution < -0.4 is 10.6 Å². The fraction of sp³-hybridized carbons (Fsp3) is 0.250. The highest BCUT2D eigenvalue weighted by atomic mass is 32.1. The van der Waals surface area contributed by atoms with Crippen molar-refractivity contribution in [3.63, 3.8) is 0 Å². The van der Waals surface area contributed by atoms with Gasteiger partial charge in [0.15, 0.2) is 0 Å². The molecule has 0 aliphatic rings. The van der Waals surface area contributed by atoms with E-state index in [0.717, 1.165) is 16.4 Å². The van der Waals surface area contributed by atoms with Crippen LogP contribution in [0.4, 0.5) is 4.79 Å². The normalized spacial score (nSPS) is 10.1. The number of hydrogen-bond acceptors (Lipinski definition) is 4. The Kier molecular flexibility index (Phi) is 4.25. The molecule has 18 heavy (non-hydrogen) atoms. The predicted octanol–water partition coefficient (Wildman–Crippen LogP) is 1.85. The highest BCUT2D eigenvalue weighted by Gasteiger charge is 2.02. The minimum absolute atomic E-state index is 0.216. The molecule has 0 aliphatic heterocycles. The van der Waals surface area contributed by atoms with Crippen LogP contribution in [0.2, 0.25) is 0 Å². The number of urea groups is 1. The van der Waals surface area contributed by atoms with Gasteiger partial charge in [-0.2, -0.15) is 0 Å². The molecular formula is C12H14N4OS. The largest absolute Gasteiger partial charge is 0.333 e. The molecule has 0 bridgehead atoms. The second kappa shape index (κ2) is 6.11. The van der Waals surface area contributed by atoms with Crippen molar-refractivity contribution < 1.29 is 4.79 Å². The Morgan fingerprint density at radius 2 is 2.06 bits per heavy atom. The molecule has 0 radical (unpaired) electrons. The van der Waals surface area contributed by atoms with Gasteiger partial charge in [-0.1, -0.05) is 6.07 Å². The molecule has 0 unspecified atom stereocenters. The summed E-state index contributed by atoms with van der Waals surface area (Å²) in [5.74, 6) is 0. The maximum Gasteiger partial charge on any atom is 0.315 e. The topological polar surface area (TPSA) is 66.9 Å². The summed E-state index contributed by atoms with van der Waals surface area (Å²) in [6, 6.07) is 5.38. The molecule has 2 aromatic heterocycles. The van der Waals surface area contributed by atoms with Gasteiger partial charge in [0, 0.05) is 11.6 Å². The van der Waals surface area contributed by atoms with Crippen molar-refractivity contribution in [1.82, 2.24) is 20.6 Å². The molecule has 0 saturated heterocycles. The summed E-state index contributed by atoms with van der Waals surface area (Å²) in [4.78, 5) is 19.9. The maximum absolute atomic E-state index is 11.5. The van der Waals surface area contributed by atoms with Crippen LogP contribution in [0.5, 0.6) is 0 Å². The van der Waals surface area contributed by atoms with Crippen LogP contribution in [0.1, 0.15) is 16.4 Å². The fourth-order valence-electron chi connectivity index (χ4n) is 1.40. The monoisotopic (exact) mass is 262 g/mol. The lowest BCUT2D eigenvalue weighted by molar-refractivity contribution is 0.240. The quantitative estimate of drug-likeness (QED) is 0.883. The highest BCUT2D eigenvalue weighted by Crippen LogP contribution is 2.06. The SMILES string of the molecule is Cc1nc(CNC(=O)NCc2ccccn2)cs1. The highest BCUT2D eigenvalue weighted by molar-refractivity contribution is 7.09. The summed E-state index contributed by atoms with van der Waals surface area (Å²) in [6.45, 7) is 2.80. The Balaban J connectivity index is 1.73. The second-order valence-corrected chi connectivity index (χ2v) is 4.78. The number of carbonyl (C=O) groups is 1. The van der Waals surface area contributed by atoms with Crippen LogP contribution in [-0.4, -0.2) is 16.0 Å². The maximum atomic E-state index is 11.5. The summed E-state index contributed by atoms with van der Waals surface area (Å²) >= 11 is 1.57. The van der Waals surface area contributed by atoms with Gasteiger partial charge in [0.25, 0.3) is 0 Å². The van der Waals surface area contributed by atoms with Crippen molar-refractivity contribution in [2.75, 3.05) is 0 Å². The summed E-state index contributed by atoms with van der Waals surface area (Å²) in [5.41, 5.74) is 1.71. The van der Waals surface area contributed by atoms with Crippen molar-refractivity contribution in [2.24, 2.45) is 0 Å². The zero-order valence-electron chi connectivity index (χ0n) is 10.0. The molecule has 2 amide bonds. The van der Waals surface area contributed by atoms with Gasteiger partial charge in [-0.25, -0.2) is 9.78 Å². The molecule has 0 aliphatic carbocycles. The first-order valence-electron chi connectivity index (χ1n) is 5.56. The van der Waals surface area contributed by atoms with Crippen LogP contribution >= 0.6 is 11.3 Å². The molecule has 2 N–H and O–H groups in total. The van der Waals surface area contributed by atoms with E-state index in [9.17, 15) is 4.79 Å². The van der Waals surface area contributed by atoms with Gasteiger partial charge in [-0.3, -0.25) is 4.98 Å². The minimum atomic E-state index is -0.216. The number of aryl methyl sites for hydroxylation is 1. The van der Waals surface area contributed by atoms with E-state index < -0.39 is 0 Å². The van der Waals surface area contributed by atoms with E-state index >= 15 is 0 Å². The van der Waals surface area contributed by atoms with E-state index in [4.69, 9.17) is 0 Å². The minimum Gasteiger partial charge on any atom is -0.333 e. The Hall–Kier alpha value is -1.95. The van der Waals surface area contributed by atoms with Crippen LogP contribution in [0, 0.1) is 6.92 Å². The molecule has 6 heteroatoms. The summed E-state index contributed by atoms with van der Waals surface area (Å²) in [7, 11) is 0. The summed E-state index contributed by atoms with van der Waals surface area (Å²) in [6.07, 6.45) is 1.70. The summed E-state index contributed by atoms with van der Waals surface area (Å²) in [5, 5.41) is 8.43. The van der Waals surface area contributed by atoms with Gasteiger partial charge in [0.05, 0.1) is 29.5 Å². The zero-order chi connectivity index (χ0) is 12.8. The smallest absolute Gasteiger partial charge is 0.315 e. The molecule has 2 heterocycles. The number of carbonyl (C=O) groups excluding carboxylic acids is 1. The first kappa shape index (κ1) is 12.5. The molecule has 0 aromatic carbocycles. The number of nitrogens with zero attached hydrogens (tertiary/aromatic N) is 2. The Morgan fingerprint density at radius 3 is 2.67 bits per heavy atom. The lowest BCUT2D eigenvalue weighted by atomic mass is 10.3. The van der Waals surface area contributed by atoms with Crippen LogP contribution in [-0.2, 0) is 13.1 Å². The molecule has 0 fully saturated rings. The lowest BCUT2D eigenvalue weighted by Gasteiger charge is -2.05. The molecule has 0 saturated carbocycles. The van der Waals surface area contributed by atoms with Crippen molar-refractivity contribution in [2.45, 2.75) is 20.0 Å². The van der Waals surface area contributed by atoms with Crippen molar-refractivity contribution in [1.29, 1.82) is 0 Å². The van der Waals surface area contributed by atoms with Gasteiger partial charge in [0.2, 0.25) is 0 Å². The summed E-state index contributed by atoms with van der Waals surface area (Å²) < 4.78 is 0. The van der Waals surface area contributed by atoms with E-state index in [1.54, 1.807) is 17.5 Å². The molecule has 94 valence electrons. The first-order valence-corrected chi connectivity index (χ1v) is 6.44. The van der Waals surface area contributed by atoms with Crippen LogP contribution in [0.3, 0.4) is 0 Å². The molecular weight excluding hydrogens is 248 g/mol. The van der Waals surface area contributed by atoms with Gasteiger partial charge in [-0.15, -0.1) is 11.3 Å². The molecule has 2 rings (SSSR count). The van der Waals surface area contributed by atoms with E-state index in [-0.39, 0.29) is 6.03 Å². The van der Waals surface area contributed by atoms with Gasteiger partial charge < -0.3 is 10.6 Å². The lowest BCUT2D eigenvalue weighted by Crippen LogP contribution is -2.34. The number of aromatic nitrogens is 2. The molecule has 0 atom stereocenters. The van der Waals surface area contributed by atoms with Crippen molar-refractivity contribution in [3.8, 4) is 0 Å². The van der Waals surface area contributed by atoms with Gasteiger partial charge in [0.1, 0.15) is 0 Å². The molecule has 0 spiro atoms. The van der Waals surface area contributed by atoms with Crippen molar-refractivity contribution in [3.05, 3.63) is 46.2 Å². The number of pyridine rings is 1. The van der Waals surface area contributed by atoms with E-state index in [1.165, 1.54) is 0 Å². The molecule has 5 nitrogen and oxygen atoms in total. The van der Waals surface area contributed by atoms with Crippen molar-refractivity contribution >= 4 is 17.4 Å². The first-order chi connectivity index (χ1) is 8.74. The van der Waals surface area contributed by atoms with Gasteiger partial charge >= 0.3 is 6.03 Å². The number of nitrogens with one attached hydrogen (secondary N) is 2. The van der Waals surface area contributed by atoms with Gasteiger partial charge in [-0.05, 0) is 19.1 Å². The molecule has 2 aromatic rings. The average Bonchev–Trinajstić information content (AvgIpc) is 2.81. The second-order valence-electron chi connectivity index (χ2n) is 3.72. The number of hydrogen-bond donors (Lipinski definition) is 2. The van der Waals surface area contributed by atoms with Crippen LogP contribution in [0.25, 0.3) is 0 Å². The fourth-order valence-corrected chi connectivity index (χ4v) is 2.01. The number of thiazole rings is 1. The van der Waals surface area contributed by atoms with E-state index in [0.29, 0.717) is 13.1 Å². The third kappa shape index (κ3) is 3.81. The predicted molar refractivity (Wildman–Crippen MR) is 70.2 cm³/mol.